The topological polar surface area (TPSA) is 21.1 Å². The van der Waals surface area contributed by atoms with Gasteiger partial charge in [0.2, 0.25) is 0 Å². The van der Waals surface area contributed by atoms with Crippen LogP contribution in [-0.4, -0.2) is 34.1 Å². The van der Waals surface area contributed by atoms with E-state index in [1.54, 1.807) is 11.3 Å². The molecule has 0 N–H and O–H groups in total. The zero-order valence-corrected chi connectivity index (χ0v) is 17.9. The van der Waals surface area contributed by atoms with Crippen molar-refractivity contribution < 1.29 is 0 Å². The second kappa shape index (κ2) is 8.31. The van der Waals surface area contributed by atoms with Crippen molar-refractivity contribution in [2.24, 2.45) is 0 Å². The first-order valence-electron chi connectivity index (χ1n) is 10.3. The van der Waals surface area contributed by atoms with Crippen LogP contribution in [0.1, 0.15) is 19.3 Å². The number of likely N-dealkylation sites (tertiary alicyclic amines) is 1. The highest BCUT2D eigenvalue weighted by molar-refractivity contribution is 7.08. The highest BCUT2D eigenvalue weighted by Crippen LogP contribution is 2.36. The molecular formula is C24H24ClN3S. The predicted molar refractivity (Wildman–Crippen MR) is 124 cm³/mol. The van der Waals surface area contributed by atoms with Crippen LogP contribution in [-0.2, 0) is 6.54 Å². The van der Waals surface area contributed by atoms with E-state index in [-0.39, 0.29) is 0 Å². The number of piperidine rings is 1. The van der Waals surface area contributed by atoms with Crippen molar-refractivity contribution in [1.29, 1.82) is 0 Å². The first-order chi connectivity index (χ1) is 14.3. The van der Waals surface area contributed by atoms with E-state index in [0.29, 0.717) is 0 Å². The molecule has 29 heavy (non-hydrogen) atoms. The lowest BCUT2D eigenvalue weighted by molar-refractivity contribution is 0.222. The Morgan fingerprint density at radius 1 is 0.966 bits per heavy atom. The molecule has 1 aromatic carbocycles. The van der Waals surface area contributed by atoms with Gasteiger partial charge in [0.15, 0.2) is 0 Å². The molecule has 0 amide bonds. The van der Waals surface area contributed by atoms with E-state index in [2.05, 4.69) is 49.6 Å². The number of pyridine rings is 1. The summed E-state index contributed by atoms with van der Waals surface area (Å²) in [7, 11) is 0. The van der Waals surface area contributed by atoms with Crippen molar-refractivity contribution in [3.05, 3.63) is 64.7 Å². The molecule has 148 valence electrons. The van der Waals surface area contributed by atoms with Crippen LogP contribution in [0.15, 0.2) is 59.7 Å². The number of rotatable bonds is 5. The average molecular weight is 422 g/mol. The molecule has 1 aliphatic rings. The Balaban J connectivity index is 1.53. The smallest absolute Gasteiger partial charge is 0.0506 e. The van der Waals surface area contributed by atoms with Crippen molar-refractivity contribution in [1.82, 2.24) is 14.5 Å². The van der Waals surface area contributed by atoms with Crippen molar-refractivity contribution in [3.8, 4) is 22.3 Å². The maximum atomic E-state index is 6.67. The summed E-state index contributed by atoms with van der Waals surface area (Å²) in [4.78, 5) is 7.11. The Labute approximate surface area is 180 Å². The van der Waals surface area contributed by atoms with Gasteiger partial charge in [0.1, 0.15) is 0 Å². The molecule has 0 saturated carbocycles. The molecule has 5 rings (SSSR count). The molecule has 0 bridgehead atoms. The van der Waals surface area contributed by atoms with E-state index in [1.165, 1.54) is 43.4 Å². The Bertz CT molecular complexity index is 1110. The van der Waals surface area contributed by atoms with Crippen LogP contribution in [0.2, 0.25) is 5.02 Å². The number of hydrogen-bond acceptors (Lipinski definition) is 3. The van der Waals surface area contributed by atoms with Crippen LogP contribution in [0.25, 0.3) is 33.2 Å². The minimum atomic E-state index is 0.801. The second-order valence-corrected chi connectivity index (χ2v) is 8.93. The van der Waals surface area contributed by atoms with Gasteiger partial charge in [-0.15, -0.1) is 0 Å². The van der Waals surface area contributed by atoms with Crippen LogP contribution in [0.4, 0.5) is 0 Å². The lowest BCUT2D eigenvalue weighted by atomic mass is 10.0. The molecule has 4 aromatic rings. The standard InChI is InChI=1S/C24H24ClN3S/c25-22-5-4-6-23-24(22)21(16-28(23)11-10-27-8-2-1-3-9-27)20-13-19(14-26-15-20)18-7-12-29-17-18/h4-7,12-17H,1-3,8-11H2. The maximum Gasteiger partial charge on any atom is 0.0506 e. The van der Waals surface area contributed by atoms with E-state index in [1.807, 2.05) is 24.5 Å². The average Bonchev–Trinajstić information content (AvgIpc) is 3.42. The van der Waals surface area contributed by atoms with E-state index in [4.69, 9.17) is 11.6 Å². The monoisotopic (exact) mass is 421 g/mol. The van der Waals surface area contributed by atoms with E-state index < -0.39 is 0 Å². The summed E-state index contributed by atoms with van der Waals surface area (Å²) < 4.78 is 2.36. The molecule has 0 aliphatic carbocycles. The number of nitrogens with zero attached hydrogens (tertiary/aromatic N) is 3. The van der Waals surface area contributed by atoms with Crippen molar-refractivity contribution in [3.63, 3.8) is 0 Å². The molecule has 0 radical (unpaired) electrons. The molecule has 3 aromatic heterocycles. The van der Waals surface area contributed by atoms with Gasteiger partial charge in [0, 0.05) is 53.8 Å². The van der Waals surface area contributed by atoms with Crippen molar-refractivity contribution >= 4 is 33.8 Å². The van der Waals surface area contributed by atoms with Crippen LogP contribution < -0.4 is 0 Å². The number of aromatic nitrogens is 2. The fraction of sp³-hybridized carbons (Fsp3) is 0.292. The molecule has 0 unspecified atom stereocenters. The summed E-state index contributed by atoms with van der Waals surface area (Å²) in [6.45, 7) is 4.51. The molecule has 1 saturated heterocycles. The summed E-state index contributed by atoms with van der Waals surface area (Å²) in [5.74, 6) is 0. The first-order valence-corrected chi connectivity index (χ1v) is 11.6. The lowest BCUT2D eigenvalue weighted by Gasteiger charge is -2.26. The third-order valence-corrected chi connectivity index (χ3v) is 6.86. The van der Waals surface area contributed by atoms with Gasteiger partial charge in [0.05, 0.1) is 10.5 Å². The Morgan fingerprint density at radius 3 is 2.66 bits per heavy atom. The fourth-order valence-corrected chi connectivity index (χ4v) is 5.25. The van der Waals surface area contributed by atoms with Crippen molar-refractivity contribution in [2.45, 2.75) is 25.8 Å². The van der Waals surface area contributed by atoms with Gasteiger partial charge in [-0.05, 0) is 66.5 Å². The van der Waals surface area contributed by atoms with Crippen LogP contribution in [0, 0.1) is 0 Å². The number of halogens is 1. The third kappa shape index (κ3) is 3.85. The third-order valence-electron chi connectivity index (χ3n) is 5.86. The Morgan fingerprint density at radius 2 is 1.83 bits per heavy atom. The summed E-state index contributed by atoms with van der Waals surface area (Å²) in [6.07, 6.45) is 10.2. The molecule has 1 fully saturated rings. The highest BCUT2D eigenvalue weighted by Gasteiger charge is 2.16. The van der Waals surface area contributed by atoms with Gasteiger partial charge in [0.25, 0.3) is 0 Å². The summed E-state index contributed by atoms with van der Waals surface area (Å²) in [5.41, 5.74) is 5.83. The minimum absolute atomic E-state index is 0.801. The second-order valence-electron chi connectivity index (χ2n) is 7.75. The van der Waals surface area contributed by atoms with Gasteiger partial charge >= 0.3 is 0 Å². The van der Waals surface area contributed by atoms with Crippen LogP contribution >= 0.6 is 22.9 Å². The summed E-state index contributed by atoms with van der Waals surface area (Å²) in [5, 5.41) is 6.19. The zero-order chi connectivity index (χ0) is 19.6. The molecular weight excluding hydrogens is 398 g/mol. The SMILES string of the molecule is Clc1cccc2c1c(-c1cncc(-c3ccsc3)c1)cn2CCN1CCCCC1. The molecule has 1 aliphatic heterocycles. The first kappa shape index (κ1) is 18.9. The highest BCUT2D eigenvalue weighted by atomic mass is 35.5. The van der Waals surface area contributed by atoms with E-state index in [9.17, 15) is 0 Å². The summed E-state index contributed by atoms with van der Waals surface area (Å²) in [6, 6.07) is 10.6. The predicted octanol–water partition coefficient (Wildman–Crippen LogP) is 6.57. The molecule has 0 atom stereocenters. The van der Waals surface area contributed by atoms with Gasteiger partial charge in [-0.1, -0.05) is 24.1 Å². The van der Waals surface area contributed by atoms with Gasteiger partial charge < -0.3 is 9.47 Å². The Kier molecular flexibility index (Phi) is 5.40. The van der Waals surface area contributed by atoms with Crippen LogP contribution in [0.3, 0.4) is 0 Å². The number of fused-ring (bicyclic) bond motifs is 1. The van der Waals surface area contributed by atoms with Gasteiger partial charge in [-0.25, -0.2) is 0 Å². The van der Waals surface area contributed by atoms with Crippen molar-refractivity contribution in [2.75, 3.05) is 19.6 Å². The van der Waals surface area contributed by atoms with Gasteiger partial charge in [-0.2, -0.15) is 11.3 Å². The molecule has 4 heterocycles. The largest absolute Gasteiger partial charge is 0.346 e. The summed E-state index contributed by atoms with van der Waals surface area (Å²) >= 11 is 8.38. The minimum Gasteiger partial charge on any atom is -0.346 e. The fourth-order valence-electron chi connectivity index (χ4n) is 4.32. The van der Waals surface area contributed by atoms with E-state index in [0.717, 1.165) is 40.2 Å². The number of benzene rings is 1. The lowest BCUT2D eigenvalue weighted by Crippen LogP contribution is -2.32. The zero-order valence-electron chi connectivity index (χ0n) is 16.4. The van der Waals surface area contributed by atoms with E-state index >= 15 is 0 Å². The van der Waals surface area contributed by atoms with Crippen LogP contribution in [0.5, 0.6) is 0 Å². The quantitative estimate of drug-likeness (QED) is 0.363. The Hall–Kier alpha value is -2.14. The van der Waals surface area contributed by atoms with Gasteiger partial charge in [-0.3, -0.25) is 4.98 Å². The molecule has 5 heteroatoms. The molecule has 3 nitrogen and oxygen atoms in total. The molecule has 0 spiro atoms. The number of hydrogen-bond donors (Lipinski definition) is 0. The number of thiophene rings is 1. The maximum absolute atomic E-state index is 6.67. The normalized spacial score (nSPS) is 15.2.